The maximum absolute atomic E-state index is 12.5. The second-order valence-corrected chi connectivity index (χ2v) is 6.56. The highest BCUT2D eigenvalue weighted by Crippen LogP contribution is 2.37. The number of amides is 1. The van der Waals surface area contributed by atoms with Crippen molar-refractivity contribution in [1.29, 1.82) is 0 Å². The van der Waals surface area contributed by atoms with Crippen LogP contribution in [0, 0.1) is 0 Å². The standard InChI is InChI=1S/C20H21ClN4O4/c1-27-16-8-12(9-17(28-2)19(16)29-3)10-22-25-20(26)18-15(11-23-24-18)13-4-6-14(21)7-5-13/h4-10,15,23H,11H2,1-3H3,(H,25,26)/b22-10+. The first-order chi connectivity index (χ1) is 14.1. The van der Waals surface area contributed by atoms with E-state index in [2.05, 4.69) is 21.1 Å². The van der Waals surface area contributed by atoms with Crippen LogP contribution in [0.2, 0.25) is 5.02 Å². The molecule has 0 aromatic heterocycles. The fourth-order valence-corrected chi connectivity index (χ4v) is 3.10. The summed E-state index contributed by atoms with van der Waals surface area (Å²) in [5, 5.41) is 8.78. The number of hydrogen-bond acceptors (Lipinski definition) is 7. The summed E-state index contributed by atoms with van der Waals surface area (Å²) in [6.07, 6.45) is 1.49. The van der Waals surface area contributed by atoms with Gasteiger partial charge in [0.1, 0.15) is 5.71 Å². The molecule has 1 atom stereocenters. The molecule has 0 spiro atoms. The van der Waals surface area contributed by atoms with Gasteiger partial charge in [-0.15, -0.1) is 0 Å². The van der Waals surface area contributed by atoms with Crippen LogP contribution in [0.1, 0.15) is 17.0 Å². The lowest BCUT2D eigenvalue weighted by molar-refractivity contribution is -0.114. The van der Waals surface area contributed by atoms with Gasteiger partial charge in [-0.25, -0.2) is 5.43 Å². The van der Waals surface area contributed by atoms with Crippen LogP contribution in [0.15, 0.2) is 46.6 Å². The molecule has 1 aliphatic heterocycles. The number of hydrazone groups is 2. The Morgan fingerprint density at radius 1 is 1.17 bits per heavy atom. The van der Waals surface area contributed by atoms with E-state index in [9.17, 15) is 4.79 Å². The third kappa shape index (κ3) is 4.60. The lowest BCUT2D eigenvalue weighted by atomic mass is 9.94. The van der Waals surface area contributed by atoms with Crippen LogP contribution in [0.25, 0.3) is 0 Å². The van der Waals surface area contributed by atoms with Crippen molar-refractivity contribution in [1.82, 2.24) is 10.9 Å². The van der Waals surface area contributed by atoms with Gasteiger partial charge in [-0.2, -0.15) is 10.2 Å². The third-order valence-corrected chi connectivity index (χ3v) is 4.65. The van der Waals surface area contributed by atoms with E-state index >= 15 is 0 Å². The molecule has 0 aliphatic carbocycles. The van der Waals surface area contributed by atoms with Crippen molar-refractivity contribution in [2.75, 3.05) is 27.9 Å². The van der Waals surface area contributed by atoms with Gasteiger partial charge in [-0.05, 0) is 29.8 Å². The average Bonchev–Trinajstić information content (AvgIpc) is 3.23. The Balaban J connectivity index is 1.71. The second-order valence-electron chi connectivity index (χ2n) is 6.12. The Morgan fingerprint density at radius 2 is 1.83 bits per heavy atom. The van der Waals surface area contributed by atoms with Crippen molar-refractivity contribution in [3.8, 4) is 17.2 Å². The number of carbonyl (C=O) groups is 1. The number of halogens is 1. The molecule has 0 saturated carbocycles. The number of benzene rings is 2. The zero-order chi connectivity index (χ0) is 20.8. The molecule has 0 radical (unpaired) electrons. The van der Waals surface area contributed by atoms with Gasteiger partial charge in [-0.3, -0.25) is 4.79 Å². The quantitative estimate of drug-likeness (QED) is 0.534. The van der Waals surface area contributed by atoms with Crippen molar-refractivity contribution in [2.24, 2.45) is 10.2 Å². The Morgan fingerprint density at radius 3 is 2.41 bits per heavy atom. The zero-order valence-corrected chi connectivity index (χ0v) is 17.0. The smallest absolute Gasteiger partial charge is 0.288 e. The summed E-state index contributed by atoms with van der Waals surface area (Å²) in [4.78, 5) is 12.5. The lowest BCUT2D eigenvalue weighted by Crippen LogP contribution is -2.30. The van der Waals surface area contributed by atoms with E-state index in [0.717, 1.165) is 5.56 Å². The minimum absolute atomic E-state index is 0.177. The second kappa shape index (κ2) is 9.29. The van der Waals surface area contributed by atoms with Crippen LogP contribution in [0.3, 0.4) is 0 Å². The highest BCUT2D eigenvalue weighted by Gasteiger charge is 2.28. The molecular weight excluding hydrogens is 396 g/mol. The first-order valence-corrected chi connectivity index (χ1v) is 9.14. The maximum Gasteiger partial charge on any atom is 0.288 e. The number of rotatable bonds is 7. The van der Waals surface area contributed by atoms with Crippen LogP contribution in [-0.2, 0) is 4.79 Å². The van der Waals surface area contributed by atoms with Crippen LogP contribution < -0.4 is 25.1 Å². The molecule has 3 rings (SSSR count). The van der Waals surface area contributed by atoms with Gasteiger partial charge in [0, 0.05) is 17.1 Å². The summed E-state index contributed by atoms with van der Waals surface area (Å²) in [5.74, 6) is 0.897. The van der Waals surface area contributed by atoms with Crippen LogP contribution >= 0.6 is 11.6 Å². The van der Waals surface area contributed by atoms with Gasteiger partial charge in [0.25, 0.3) is 5.91 Å². The largest absolute Gasteiger partial charge is 0.493 e. The average molecular weight is 417 g/mol. The minimum Gasteiger partial charge on any atom is -0.493 e. The molecule has 0 saturated heterocycles. The minimum atomic E-state index is -0.390. The molecule has 2 aromatic carbocycles. The first kappa shape index (κ1) is 20.5. The predicted molar refractivity (Wildman–Crippen MR) is 111 cm³/mol. The van der Waals surface area contributed by atoms with E-state index in [1.165, 1.54) is 27.5 Å². The van der Waals surface area contributed by atoms with Gasteiger partial charge in [-0.1, -0.05) is 23.7 Å². The molecule has 1 unspecified atom stereocenters. The lowest BCUT2D eigenvalue weighted by Gasteiger charge is -2.13. The fourth-order valence-electron chi connectivity index (χ4n) is 2.98. The van der Waals surface area contributed by atoms with E-state index in [1.54, 1.807) is 24.3 Å². The number of ether oxygens (including phenoxy) is 3. The number of nitrogens with one attached hydrogen (secondary N) is 2. The van der Waals surface area contributed by atoms with Gasteiger partial charge in [0.15, 0.2) is 11.5 Å². The highest BCUT2D eigenvalue weighted by molar-refractivity contribution is 6.41. The van der Waals surface area contributed by atoms with Crippen LogP contribution in [0.5, 0.6) is 17.2 Å². The van der Waals surface area contributed by atoms with E-state index in [-0.39, 0.29) is 5.92 Å². The van der Waals surface area contributed by atoms with Gasteiger partial charge in [0.2, 0.25) is 5.75 Å². The molecule has 1 aliphatic rings. The first-order valence-electron chi connectivity index (χ1n) is 8.76. The summed E-state index contributed by atoms with van der Waals surface area (Å²) in [6, 6.07) is 10.8. The van der Waals surface area contributed by atoms with Crippen molar-refractivity contribution in [2.45, 2.75) is 5.92 Å². The van der Waals surface area contributed by atoms with Crippen LogP contribution in [-0.4, -0.2) is 45.7 Å². The zero-order valence-electron chi connectivity index (χ0n) is 16.2. The molecule has 0 fully saturated rings. The van der Waals surface area contributed by atoms with E-state index in [0.29, 0.717) is 40.1 Å². The molecule has 0 bridgehead atoms. The Kier molecular flexibility index (Phi) is 6.56. The van der Waals surface area contributed by atoms with Crippen molar-refractivity contribution in [3.05, 3.63) is 52.5 Å². The van der Waals surface area contributed by atoms with Gasteiger partial charge < -0.3 is 19.6 Å². The Hall–Kier alpha value is -3.26. The van der Waals surface area contributed by atoms with E-state index in [1.807, 2.05) is 12.1 Å². The topological polar surface area (TPSA) is 93.5 Å². The number of carbonyl (C=O) groups excluding carboxylic acids is 1. The van der Waals surface area contributed by atoms with Gasteiger partial charge in [0.05, 0.1) is 33.5 Å². The molecule has 9 heteroatoms. The predicted octanol–water partition coefficient (Wildman–Crippen LogP) is 2.56. The van der Waals surface area contributed by atoms with Crippen molar-refractivity contribution < 1.29 is 19.0 Å². The molecule has 29 heavy (non-hydrogen) atoms. The van der Waals surface area contributed by atoms with E-state index in [4.69, 9.17) is 25.8 Å². The Labute approximate surface area is 173 Å². The van der Waals surface area contributed by atoms with Crippen LogP contribution in [0.4, 0.5) is 0 Å². The normalized spacial score (nSPS) is 15.6. The molecule has 8 nitrogen and oxygen atoms in total. The summed E-state index contributed by atoms with van der Waals surface area (Å²) < 4.78 is 15.9. The van der Waals surface area contributed by atoms with Gasteiger partial charge >= 0.3 is 0 Å². The highest BCUT2D eigenvalue weighted by atomic mass is 35.5. The molecule has 2 aromatic rings. The molecule has 1 amide bonds. The number of nitrogens with zero attached hydrogens (tertiary/aromatic N) is 2. The number of hydrogen-bond donors (Lipinski definition) is 2. The third-order valence-electron chi connectivity index (χ3n) is 4.40. The molecule has 152 valence electrons. The number of methoxy groups -OCH3 is 3. The maximum atomic E-state index is 12.5. The molecule has 1 heterocycles. The van der Waals surface area contributed by atoms with E-state index < -0.39 is 5.91 Å². The SMILES string of the molecule is COc1cc(/C=N/NC(=O)C2=NNCC2c2ccc(Cl)cc2)cc(OC)c1OC. The molecular formula is C20H21ClN4O4. The monoisotopic (exact) mass is 416 g/mol. The summed E-state index contributed by atoms with van der Waals surface area (Å²) in [5.41, 5.74) is 7.34. The fraction of sp³-hybridized carbons (Fsp3) is 0.250. The van der Waals surface area contributed by atoms with Crippen molar-refractivity contribution >= 4 is 29.4 Å². The Bertz CT molecular complexity index is 919. The van der Waals surface area contributed by atoms with Crippen molar-refractivity contribution in [3.63, 3.8) is 0 Å². The summed E-state index contributed by atoms with van der Waals surface area (Å²) in [6.45, 7) is 0.529. The summed E-state index contributed by atoms with van der Waals surface area (Å²) in [7, 11) is 4.59. The molecule has 2 N–H and O–H groups in total. The summed E-state index contributed by atoms with van der Waals surface area (Å²) >= 11 is 5.94.